The molecule has 0 spiro atoms. The van der Waals surface area contributed by atoms with E-state index in [4.69, 9.17) is 20.9 Å². The lowest BCUT2D eigenvalue weighted by Crippen LogP contribution is -2.40. The lowest BCUT2D eigenvalue weighted by molar-refractivity contribution is -0.147. The molecule has 0 radical (unpaired) electrons. The van der Waals surface area contributed by atoms with Crippen molar-refractivity contribution >= 4 is 17.9 Å². The molecule has 30 heavy (non-hydrogen) atoms. The summed E-state index contributed by atoms with van der Waals surface area (Å²) in [6.45, 7) is 0.311. The lowest BCUT2D eigenvalue weighted by atomic mass is 9.74. The summed E-state index contributed by atoms with van der Waals surface area (Å²) in [5, 5.41) is 0. The minimum Gasteiger partial charge on any atom is -0.457 e. The SMILES string of the molecule is NC(N)=NCC1(C(=O)Oc2ccccc2C(=O)OCc2ccccc2)CCCCC1. The third kappa shape index (κ3) is 5.37. The molecule has 1 aliphatic rings. The molecule has 7 heteroatoms. The zero-order valence-electron chi connectivity index (χ0n) is 16.9. The molecule has 0 bridgehead atoms. The highest BCUT2D eigenvalue weighted by atomic mass is 16.5. The molecule has 7 nitrogen and oxygen atoms in total. The minimum atomic E-state index is -0.788. The summed E-state index contributed by atoms with van der Waals surface area (Å²) < 4.78 is 11.1. The molecule has 0 aromatic heterocycles. The van der Waals surface area contributed by atoms with Crippen LogP contribution < -0.4 is 16.2 Å². The average Bonchev–Trinajstić information content (AvgIpc) is 2.77. The third-order valence-electron chi connectivity index (χ3n) is 5.33. The first-order chi connectivity index (χ1) is 14.5. The standard InChI is InChI=1S/C23H27N3O4/c24-22(25)26-16-23(13-7-2-8-14-23)21(28)30-19-12-6-5-11-18(19)20(27)29-15-17-9-3-1-4-10-17/h1,3-6,9-12H,2,7-8,13-16H2,(H4,24,25,26). The molecule has 4 N–H and O–H groups in total. The Morgan fingerprint density at radius 3 is 2.30 bits per heavy atom. The van der Waals surface area contributed by atoms with Crippen LogP contribution in [-0.2, 0) is 16.1 Å². The minimum absolute atomic E-state index is 0.0577. The highest BCUT2D eigenvalue weighted by Crippen LogP contribution is 2.38. The van der Waals surface area contributed by atoms with Crippen LogP contribution in [0.2, 0.25) is 0 Å². The normalized spacial score (nSPS) is 15.1. The van der Waals surface area contributed by atoms with Gasteiger partial charge in [-0.05, 0) is 30.5 Å². The first kappa shape index (κ1) is 21.4. The van der Waals surface area contributed by atoms with Gasteiger partial charge in [0.1, 0.15) is 17.9 Å². The predicted molar refractivity (Wildman–Crippen MR) is 114 cm³/mol. The molecule has 0 heterocycles. The van der Waals surface area contributed by atoms with E-state index in [-0.39, 0.29) is 30.4 Å². The average molecular weight is 409 g/mol. The topological polar surface area (TPSA) is 117 Å². The van der Waals surface area contributed by atoms with Crippen molar-refractivity contribution in [1.29, 1.82) is 0 Å². The molecule has 0 unspecified atom stereocenters. The van der Waals surface area contributed by atoms with Crippen molar-refractivity contribution in [2.45, 2.75) is 38.7 Å². The van der Waals surface area contributed by atoms with Gasteiger partial charge in [-0.1, -0.05) is 61.7 Å². The number of carbonyl (C=O) groups excluding carboxylic acids is 2. The van der Waals surface area contributed by atoms with Crippen LogP contribution in [0.4, 0.5) is 0 Å². The van der Waals surface area contributed by atoms with E-state index < -0.39 is 17.4 Å². The molecule has 3 rings (SSSR count). The van der Waals surface area contributed by atoms with Crippen LogP contribution in [0.1, 0.15) is 48.0 Å². The van der Waals surface area contributed by atoms with Gasteiger partial charge in [-0.3, -0.25) is 9.79 Å². The summed E-state index contributed by atoms with van der Waals surface area (Å²) in [7, 11) is 0. The number of nitrogens with zero attached hydrogens (tertiary/aromatic N) is 1. The predicted octanol–water partition coefficient (Wildman–Crippen LogP) is 3.17. The maximum atomic E-state index is 13.1. The van der Waals surface area contributed by atoms with E-state index in [1.807, 2.05) is 30.3 Å². The van der Waals surface area contributed by atoms with Crippen LogP contribution in [0.15, 0.2) is 59.6 Å². The van der Waals surface area contributed by atoms with Crippen LogP contribution in [0.5, 0.6) is 5.75 Å². The molecule has 0 atom stereocenters. The van der Waals surface area contributed by atoms with Crippen molar-refractivity contribution in [3.63, 3.8) is 0 Å². The fourth-order valence-corrected chi connectivity index (χ4v) is 3.63. The van der Waals surface area contributed by atoms with E-state index in [1.165, 1.54) is 0 Å². The lowest BCUT2D eigenvalue weighted by Gasteiger charge is -2.33. The Bertz CT molecular complexity index is 902. The van der Waals surface area contributed by atoms with Crippen molar-refractivity contribution in [2.75, 3.05) is 6.54 Å². The number of rotatable bonds is 7. The number of benzene rings is 2. The summed E-state index contributed by atoms with van der Waals surface area (Å²) in [5.74, 6) is -0.854. The summed E-state index contributed by atoms with van der Waals surface area (Å²) in [6, 6.07) is 16.0. The van der Waals surface area contributed by atoms with E-state index in [0.717, 1.165) is 24.8 Å². The van der Waals surface area contributed by atoms with E-state index >= 15 is 0 Å². The van der Waals surface area contributed by atoms with Gasteiger partial charge in [-0.25, -0.2) is 4.79 Å². The Labute approximate surface area is 176 Å². The van der Waals surface area contributed by atoms with E-state index in [9.17, 15) is 9.59 Å². The van der Waals surface area contributed by atoms with Gasteiger partial charge in [0.2, 0.25) is 0 Å². The van der Waals surface area contributed by atoms with Gasteiger partial charge in [-0.15, -0.1) is 0 Å². The number of nitrogens with two attached hydrogens (primary N) is 2. The van der Waals surface area contributed by atoms with Crippen LogP contribution >= 0.6 is 0 Å². The Morgan fingerprint density at radius 1 is 0.933 bits per heavy atom. The molecule has 158 valence electrons. The number of hydrogen-bond donors (Lipinski definition) is 2. The zero-order valence-corrected chi connectivity index (χ0v) is 16.9. The van der Waals surface area contributed by atoms with Gasteiger partial charge in [0, 0.05) is 0 Å². The van der Waals surface area contributed by atoms with Crippen molar-refractivity contribution < 1.29 is 19.1 Å². The number of guanidine groups is 1. The number of esters is 2. The maximum absolute atomic E-state index is 13.1. The van der Waals surface area contributed by atoms with Gasteiger partial charge in [0.25, 0.3) is 0 Å². The highest BCUT2D eigenvalue weighted by molar-refractivity contribution is 5.94. The van der Waals surface area contributed by atoms with Crippen molar-refractivity contribution in [3.05, 3.63) is 65.7 Å². The monoisotopic (exact) mass is 409 g/mol. The second-order valence-corrected chi connectivity index (χ2v) is 7.53. The van der Waals surface area contributed by atoms with Gasteiger partial charge in [0.05, 0.1) is 12.0 Å². The molecule has 0 saturated heterocycles. The van der Waals surface area contributed by atoms with Crippen LogP contribution in [0.3, 0.4) is 0 Å². The number of aliphatic imine (C=N–C) groups is 1. The molecule has 1 saturated carbocycles. The highest BCUT2D eigenvalue weighted by Gasteiger charge is 2.41. The number of ether oxygens (including phenoxy) is 2. The molecular formula is C23H27N3O4. The fourth-order valence-electron chi connectivity index (χ4n) is 3.63. The van der Waals surface area contributed by atoms with Crippen molar-refractivity contribution in [3.8, 4) is 5.75 Å². The van der Waals surface area contributed by atoms with Gasteiger partial charge in [0.15, 0.2) is 5.96 Å². The van der Waals surface area contributed by atoms with Crippen molar-refractivity contribution in [1.82, 2.24) is 0 Å². The molecule has 2 aromatic carbocycles. The summed E-state index contributed by atoms with van der Waals surface area (Å²) >= 11 is 0. The quantitative estimate of drug-likeness (QED) is 0.314. The first-order valence-corrected chi connectivity index (χ1v) is 10.1. The largest absolute Gasteiger partial charge is 0.457 e. The Kier molecular flexibility index (Phi) is 7.06. The van der Waals surface area contributed by atoms with E-state index in [0.29, 0.717) is 12.8 Å². The van der Waals surface area contributed by atoms with Gasteiger partial charge >= 0.3 is 11.9 Å². The fraction of sp³-hybridized carbons (Fsp3) is 0.348. The molecule has 1 fully saturated rings. The Hall–Kier alpha value is -3.35. The van der Waals surface area contributed by atoms with Crippen LogP contribution in [-0.4, -0.2) is 24.4 Å². The molecule has 0 aliphatic heterocycles. The maximum Gasteiger partial charge on any atom is 0.342 e. The van der Waals surface area contributed by atoms with E-state index in [1.54, 1.807) is 24.3 Å². The Balaban J connectivity index is 1.74. The first-order valence-electron chi connectivity index (χ1n) is 10.1. The molecule has 0 amide bonds. The third-order valence-corrected chi connectivity index (χ3v) is 5.33. The number of carbonyl (C=O) groups is 2. The molecule has 2 aromatic rings. The van der Waals surface area contributed by atoms with Crippen molar-refractivity contribution in [2.24, 2.45) is 21.9 Å². The second-order valence-electron chi connectivity index (χ2n) is 7.53. The number of hydrogen-bond acceptors (Lipinski definition) is 5. The van der Waals surface area contributed by atoms with Gasteiger partial charge < -0.3 is 20.9 Å². The summed E-state index contributed by atoms with van der Waals surface area (Å²) in [5.41, 5.74) is 11.3. The smallest absolute Gasteiger partial charge is 0.342 e. The summed E-state index contributed by atoms with van der Waals surface area (Å²) in [6.07, 6.45) is 4.14. The number of para-hydroxylation sites is 1. The van der Waals surface area contributed by atoms with E-state index in [2.05, 4.69) is 4.99 Å². The van der Waals surface area contributed by atoms with Crippen LogP contribution in [0, 0.1) is 5.41 Å². The Morgan fingerprint density at radius 2 is 1.60 bits per heavy atom. The zero-order chi connectivity index (χ0) is 21.4. The van der Waals surface area contributed by atoms with Gasteiger partial charge in [-0.2, -0.15) is 0 Å². The molecule has 1 aliphatic carbocycles. The molecular weight excluding hydrogens is 382 g/mol. The summed E-state index contributed by atoms with van der Waals surface area (Å²) in [4.78, 5) is 29.8. The second kappa shape index (κ2) is 9.91. The van der Waals surface area contributed by atoms with Crippen LogP contribution in [0.25, 0.3) is 0 Å².